The number of carbonyl (C=O) groups is 2. The molecular weight excluding hydrogens is 244 g/mol. The zero-order valence-electron chi connectivity index (χ0n) is 11.5. The van der Waals surface area contributed by atoms with Crippen molar-refractivity contribution < 1.29 is 14.7 Å². The molecule has 1 saturated carbocycles. The number of urea groups is 1. The number of hydrogen-bond acceptors (Lipinski definition) is 3. The topological polar surface area (TPSA) is 69.6 Å². The highest BCUT2D eigenvalue weighted by molar-refractivity contribution is 6.07. The summed E-state index contributed by atoms with van der Waals surface area (Å²) in [7, 11) is 0. The summed E-state index contributed by atoms with van der Waals surface area (Å²) < 4.78 is 0. The predicted octanol–water partition coefficient (Wildman–Crippen LogP) is 1.79. The van der Waals surface area contributed by atoms with Crippen molar-refractivity contribution in [2.75, 3.05) is 13.2 Å². The number of nitrogens with zero attached hydrogens (tertiary/aromatic N) is 1. The molecule has 1 spiro atoms. The van der Waals surface area contributed by atoms with E-state index in [1.165, 1.54) is 0 Å². The Bertz CT molecular complexity index is 338. The fourth-order valence-corrected chi connectivity index (χ4v) is 3.28. The largest absolute Gasteiger partial charge is 0.396 e. The summed E-state index contributed by atoms with van der Waals surface area (Å²) in [6, 6.07) is -0.214. The zero-order valence-corrected chi connectivity index (χ0v) is 11.5. The van der Waals surface area contributed by atoms with Crippen molar-refractivity contribution in [1.82, 2.24) is 10.2 Å². The molecule has 108 valence electrons. The van der Waals surface area contributed by atoms with Crippen molar-refractivity contribution in [3.63, 3.8) is 0 Å². The van der Waals surface area contributed by atoms with Crippen LogP contribution in [-0.2, 0) is 4.79 Å². The molecule has 1 saturated heterocycles. The minimum absolute atomic E-state index is 0.0902. The molecule has 19 heavy (non-hydrogen) atoms. The highest BCUT2D eigenvalue weighted by Gasteiger charge is 2.52. The minimum atomic E-state index is -0.549. The lowest BCUT2D eigenvalue weighted by Gasteiger charge is -2.38. The van der Waals surface area contributed by atoms with Gasteiger partial charge in [0.15, 0.2) is 0 Å². The van der Waals surface area contributed by atoms with E-state index >= 15 is 0 Å². The fourth-order valence-electron chi connectivity index (χ4n) is 3.28. The van der Waals surface area contributed by atoms with E-state index in [9.17, 15) is 9.59 Å². The van der Waals surface area contributed by atoms with Gasteiger partial charge in [-0.05, 0) is 25.7 Å². The Balaban J connectivity index is 1.92. The summed E-state index contributed by atoms with van der Waals surface area (Å²) in [5.74, 6) is -0.0902. The van der Waals surface area contributed by atoms with Crippen LogP contribution in [0.5, 0.6) is 0 Å². The molecule has 2 fully saturated rings. The second kappa shape index (κ2) is 6.37. The zero-order chi connectivity index (χ0) is 13.7. The summed E-state index contributed by atoms with van der Waals surface area (Å²) >= 11 is 0. The predicted molar refractivity (Wildman–Crippen MR) is 71.6 cm³/mol. The third kappa shape index (κ3) is 2.91. The van der Waals surface area contributed by atoms with Crippen LogP contribution in [0.4, 0.5) is 4.79 Å². The number of amides is 3. The molecule has 2 N–H and O–H groups in total. The normalized spacial score (nSPS) is 22.1. The minimum Gasteiger partial charge on any atom is -0.396 e. The Labute approximate surface area is 114 Å². The molecule has 1 aliphatic carbocycles. The van der Waals surface area contributed by atoms with Crippen molar-refractivity contribution >= 4 is 11.9 Å². The van der Waals surface area contributed by atoms with Crippen LogP contribution < -0.4 is 5.32 Å². The van der Waals surface area contributed by atoms with Crippen LogP contribution in [0, 0.1) is 0 Å². The number of nitrogens with one attached hydrogen (secondary N) is 1. The first-order valence-corrected chi connectivity index (χ1v) is 7.45. The van der Waals surface area contributed by atoms with Gasteiger partial charge in [-0.15, -0.1) is 0 Å². The van der Waals surface area contributed by atoms with Crippen LogP contribution in [0.2, 0.25) is 0 Å². The summed E-state index contributed by atoms with van der Waals surface area (Å²) in [6.45, 7) is 0.885. The van der Waals surface area contributed by atoms with Gasteiger partial charge < -0.3 is 10.0 Å². The molecule has 5 heteroatoms. The lowest BCUT2D eigenvalue weighted by Crippen LogP contribution is -2.51. The molecule has 2 rings (SSSR count). The quantitative estimate of drug-likeness (QED) is 0.570. The lowest BCUT2D eigenvalue weighted by molar-refractivity contribution is -0.128. The van der Waals surface area contributed by atoms with Crippen molar-refractivity contribution in [1.29, 1.82) is 0 Å². The van der Waals surface area contributed by atoms with Crippen LogP contribution in [0.15, 0.2) is 0 Å². The second-order valence-corrected chi connectivity index (χ2v) is 5.64. The first kappa shape index (κ1) is 14.3. The van der Waals surface area contributed by atoms with Gasteiger partial charge in [0.25, 0.3) is 5.91 Å². The van der Waals surface area contributed by atoms with Crippen molar-refractivity contribution in [2.45, 2.75) is 63.3 Å². The van der Waals surface area contributed by atoms with Gasteiger partial charge in [0, 0.05) is 13.2 Å². The smallest absolute Gasteiger partial charge is 0.325 e. The van der Waals surface area contributed by atoms with Crippen LogP contribution in [0.25, 0.3) is 0 Å². The van der Waals surface area contributed by atoms with E-state index in [2.05, 4.69) is 5.32 Å². The van der Waals surface area contributed by atoms with Crippen LogP contribution in [0.3, 0.4) is 0 Å². The molecule has 3 amide bonds. The molecular formula is C14H24N2O3. The Morgan fingerprint density at radius 3 is 2.42 bits per heavy atom. The first-order chi connectivity index (χ1) is 9.20. The SMILES string of the molecule is O=C1NC(=O)C2(CCCCC2)N1CCCCCCO. The van der Waals surface area contributed by atoms with Gasteiger partial charge in [-0.2, -0.15) is 0 Å². The maximum atomic E-state index is 12.1. The van der Waals surface area contributed by atoms with E-state index in [-0.39, 0.29) is 18.5 Å². The Kier molecular flexibility index (Phi) is 4.80. The van der Waals surface area contributed by atoms with E-state index in [1.54, 1.807) is 4.90 Å². The van der Waals surface area contributed by atoms with Crippen molar-refractivity contribution in [2.24, 2.45) is 0 Å². The van der Waals surface area contributed by atoms with Gasteiger partial charge in [0.2, 0.25) is 0 Å². The van der Waals surface area contributed by atoms with Gasteiger partial charge in [-0.25, -0.2) is 4.79 Å². The monoisotopic (exact) mass is 268 g/mol. The van der Waals surface area contributed by atoms with Crippen LogP contribution >= 0.6 is 0 Å². The molecule has 5 nitrogen and oxygen atoms in total. The maximum absolute atomic E-state index is 12.1. The standard InChI is InChI=1S/C14H24N2O3/c17-11-7-2-1-6-10-16-13(19)15-12(18)14(16)8-4-3-5-9-14/h17H,1-11H2,(H,15,18,19). The van der Waals surface area contributed by atoms with Gasteiger partial charge in [-0.1, -0.05) is 32.1 Å². The van der Waals surface area contributed by atoms with E-state index in [0.29, 0.717) is 6.54 Å². The fraction of sp³-hybridized carbons (Fsp3) is 0.857. The summed E-state index contributed by atoms with van der Waals surface area (Å²) in [6.07, 6.45) is 8.53. The Hall–Kier alpha value is -1.10. The van der Waals surface area contributed by atoms with Gasteiger partial charge in [0.1, 0.15) is 5.54 Å². The number of imide groups is 1. The Morgan fingerprint density at radius 2 is 1.74 bits per heavy atom. The van der Waals surface area contributed by atoms with E-state index in [1.807, 2.05) is 0 Å². The van der Waals surface area contributed by atoms with Crippen molar-refractivity contribution in [3.8, 4) is 0 Å². The van der Waals surface area contributed by atoms with E-state index < -0.39 is 5.54 Å². The summed E-state index contributed by atoms with van der Waals surface area (Å²) in [5.41, 5.74) is -0.549. The third-order valence-electron chi connectivity index (χ3n) is 4.38. The average molecular weight is 268 g/mol. The molecule has 0 radical (unpaired) electrons. The lowest BCUT2D eigenvalue weighted by atomic mass is 9.80. The van der Waals surface area contributed by atoms with Crippen LogP contribution in [0.1, 0.15) is 57.8 Å². The average Bonchev–Trinajstić information content (AvgIpc) is 2.63. The van der Waals surface area contributed by atoms with Crippen LogP contribution in [-0.4, -0.2) is 40.6 Å². The number of carbonyl (C=O) groups excluding carboxylic acids is 2. The number of hydrogen-bond donors (Lipinski definition) is 2. The van der Waals surface area contributed by atoms with Gasteiger partial charge in [0.05, 0.1) is 0 Å². The maximum Gasteiger partial charge on any atom is 0.325 e. The number of aliphatic hydroxyl groups excluding tert-OH is 1. The molecule has 1 heterocycles. The van der Waals surface area contributed by atoms with Gasteiger partial charge in [-0.3, -0.25) is 10.1 Å². The van der Waals surface area contributed by atoms with Crippen molar-refractivity contribution in [3.05, 3.63) is 0 Å². The highest BCUT2D eigenvalue weighted by Crippen LogP contribution is 2.37. The first-order valence-electron chi connectivity index (χ1n) is 7.45. The Morgan fingerprint density at radius 1 is 1.05 bits per heavy atom. The molecule has 0 unspecified atom stereocenters. The number of rotatable bonds is 6. The second-order valence-electron chi connectivity index (χ2n) is 5.64. The highest BCUT2D eigenvalue weighted by atomic mass is 16.3. The molecule has 1 aliphatic heterocycles. The molecule has 0 atom stereocenters. The molecule has 0 bridgehead atoms. The van der Waals surface area contributed by atoms with E-state index in [4.69, 9.17) is 5.11 Å². The third-order valence-corrected chi connectivity index (χ3v) is 4.38. The summed E-state index contributed by atoms with van der Waals surface area (Å²) in [4.78, 5) is 25.8. The summed E-state index contributed by atoms with van der Waals surface area (Å²) in [5, 5.41) is 11.2. The number of aliphatic hydroxyl groups is 1. The molecule has 2 aliphatic rings. The molecule has 0 aromatic heterocycles. The molecule has 0 aromatic rings. The van der Waals surface area contributed by atoms with E-state index in [0.717, 1.165) is 57.8 Å². The van der Waals surface area contributed by atoms with Gasteiger partial charge >= 0.3 is 6.03 Å². The number of unbranched alkanes of at least 4 members (excludes halogenated alkanes) is 3. The molecule has 0 aromatic carbocycles.